The van der Waals surface area contributed by atoms with Crippen molar-refractivity contribution in [1.29, 1.82) is 0 Å². The monoisotopic (exact) mass is 333 g/mol. The van der Waals surface area contributed by atoms with Gasteiger partial charge in [-0.1, -0.05) is 36.9 Å². The predicted octanol–water partition coefficient (Wildman–Crippen LogP) is 4.88. The highest BCUT2D eigenvalue weighted by molar-refractivity contribution is 9.10. The lowest BCUT2D eigenvalue weighted by molar-refractivity contribution is 0.425. The Morgan fingerprint density at radius 2 is 2.00 bits per heavy atom. The molecule has 1 aliphatic carbocycles. The summed E-state index contributed by atoms with van der Waals surface area (Å²) >= 11 is 9.26. The Morgan fingerprint density at radius 1 is 1.28 bits per heavy atom. The summed E-state index contributed by atoms with van der Waals surface area (Å²) in [5, 5.41) is 3.53. The molecule has 0 heterocycles. The number of nitrogens with one attached hydrogen (secondary N) is 1. The Balaban J connectivity index is 2.36. The van der Waals surface area contributed by atoms with Crippen LogP contribution in [0.4, 0.5) is 4.39 Å². The van der Waals surface area contributed by atoms with Gasteiger partial charge < -0.3 is 5.32 Å². The molecule has 0 radical (unpaired) electrons. The first-order chi connectivity index (χ1) is 8.65. The van der Waals surface area contributed by atoms with Gasteiger partial charge in [0.2, 0.25) is 0 Å². The Kier molecular flexibility index (Phi) is 5.05. The first kappa shape index (κ1) is 14.3. The zero-order chi connectivity index (χ0) is 13.1. The van der Waals surface area contributed by atoms with E-state index in [2.05, 4.69) is 21.2 Å². The van der Waals surface area contributed by atoms with E-state index in [0.717, 1.165) is 24.8 Å². The third-order valence-electron chi connectivity index (χ3n) is 3.85. The van der Waals surface area contributed by atoms with Crippen LogP contribution in [0.2, 0.25) is 5.02 Å². The van der Waals surface area contributed by atoms with Crippen LogP contribution in [0.15, 0.2) is 16.6 Å². The molecule has 18 heavy (non-hydrogen) atoms. The Labute approximate surface area is 121 Å². The second-order valence-electron chi connectivity index (χ2n) is 4.90. The van der Waals surface area contributed by atoms with E-state index in [0.29, 0.717) is 10.5 Å². The molecule has 0 aliphatic heterocycles. The smallest absolute Gasteiger partial charge is 0.146 e. The summed E-state index contributed by atoms with van der Waals surface area (Å²) < 4.78 is 14.9. The van der Waals surface area contributed by atoms with Gasteiger partial charge in [-0.3, -0.25) is 0 Å². The van der Waals surface area contributed by atoms with Crippen molar-refractivity contribution >= 4 is 27.5 Å². The summed E-state index contributed by atoms with van der Waals surface area (Å²) in [6.45, 7) is 0. The first-order valence-corrected chi connectivity index (χ1v) is 7.63. The van der Waals surface area contributed by atoms with Crippen LogP contribution in [0.5, 0.6) is 0 Å². The van der Waals surface area contributed by atoms with E-state index in [1.165, 1.54) is 12.8 Å². The highest BCUT2D eigenvalue weighted by Gasteiger charge is 2.27. The van der Waals surface area contributed by atoms with Crippen LogP contribution in [0.25, 0.3) is 0 Å². The molecule has 2 unspecified atom stereocenters. The molecule has 0 bridgehead atoms. The van der Waals surface area contributed by atoms with E-state index >= 15 is 0 Å². The molecule has 100 valence electrons. The van der Waals surface area contributed by atoms with E-state index in [9.17, 15) is 4.39 Å². The van der Waals surface area contributed by atoms with Gasteiger partial charge in [0.15, 0.2) is 0 Å². The SMILES string of the molecule is CNC1CCCCCC1c1ccc(Br)c(Cl)c1F. The summed E-state index contributed by atoms with van der Waals surface area (Å²) in [6, 6.07) is 4.06. The molecular weight excluding hydrogens is 317 g/mol. The van der Waals surface area contributed by atoms with Crippen molar-refractivity contribution in [2.24, 2.45) is 0 Å². The van der Waals surface area contributed by atoms with Gasteiger partial charge in [0.1, 0.15) is 5.82 Å². The minimum Gasteiger partial charge on any atom is -0.316 e. The molecule has 1 aliphatic rings. The van der Waals surface area contributed by atoms with Crippen molar-refractivity contribution in [3.63, 3.8) is 0 Å². The standard InChI is InChI=1S/C14H18BrClFN/c1-18-12-6-4-2-3-5-9(12)10-7-8-11(15)13(16)14(10)17/h7-9,12,18H,2-6H2,1H3. The number of benzene rings is 1. The molecule has 0 amide bonds. The van der Waals surface area contributed by atoms with Crippen molar-refractivity contribution in [3.8, 4) is 0 Å². The number of likely N-dealkylation sites (N-methyl/N-ethyl adjacent to an activating group) is 1. The molecule has 1 fully saturated rings. The molecule has 1 saturated carbocycles. The number of hydrogen-bond donors (Lipinski definition) is 1. The fourth-order valence-corrected chi connectivity index (χ4v) is 3.33. The molecule has 1 N–H and O–H groups in total. The predicted molar refractivity (Wildman–Crippen MR) is 77.8 cm³/mol. The summed E-state index contributed by atoms with van der Waals surface area (Å²) in [7, 11) is 1.96. The summed E-state index contributed by atoms with van der Waals surface area (Å²) in [4.78, 5) is 0. The van der Waals surface area contributed by atoms with Crippen LogP contribution in [0, 0.1) is 5.82 Å². The van der Waals surface area contributed by atoms with E-state index < -0.39 is 0 Å². The zero-order valence-corrected chi connectivity index (χ0v) is 12.8. The van der Waals surface area contributed by atoms with Crippen molar-refractivity contribution in [2.75, 3.05) is 7.05 Å². The van der Waals surface area contributed by atoms with Gasteiger partial charge in [0.05, 0.1) is 5.02 Å². The fraction of sp³-hybridized carbons (Fsp3) is 0.571. The second kappa shape index (κ2) is 6.36. The van der Waals surface area contributed by atoms with Gasteiger partial charge in [-0.15, -0.1) is 0 Å². The van der Waals surface area contributed by atoms with Crippen LogP contribution < -0.4 is 5.32 Å². The number of hydrogen-bond acceptors (Lipinski definition) is 1. The third kappa shape index (κ3) is 2.89. The maximum absolute atomic E-state index is 14.3. The molecule has 0 aromatic heterocycles. The Hall–Kier alpha value is -0.120. The molecule has 1 nitrogen and oxygen atoms in total. The summed E-state index contributed by atoms with van der Waals surface area (Å²) in [6.07, 6.45) is 5.75. The van der Waals surface area contributed by atoms with Crippen LogP contribution in [-0.4, -0.2) is 13.1 Å². The van der Waals surface area contributed by atoms with E-state index in [1.54, 1.807) is 0 Å². The molecule has 1 aromatic rings. The second-order valence-corrected chi connectivity index (χ2v) is 6.14. The van der Waals surface area contributed by atoms with Gasteiger partial charge in [-0.25, -0.2) is 4.39 Å². The lowest BCUT2D eigenvalue weighted by Crippen LogP contribution is -2.31. The van der Waals surface area contributed by atoms with Crippen LogP contribution in [0.1, 0.15) is 43.6 Å². The van der Waals surface area contributed by atoms with Crippen molar-refractivity contribution < 1.29 is 4.39 Å². The van der Waals surface area contributed by atoms with Gasteiger partial charge in [-0.2, -0.15) is 0 Å². The van der Waals surface area contributed by atoms with Crippen molar-refractivity contribution in [3.05, 3.63) is 33.0 Å². The molecular formula is C14H18BrClFN. The first-order valence-electron chi connectivity index (χ1n) is 6.45. The van der Waals surface area contributed by atoms with Crippen molar-refractivity contribution in [2.45, 2.75) is 44.1 Å². The molecule has 2 rings (SSSR count). The number of rotatable bonds is 2. The quantitative estimate of drug-likeness (QED) is 0.600. The largest absolute Gasteiger partial charge is 0.316 e. The zero-order valence-electron chi connectivity index (χ0n) is 10.5. The van der Waals surface area contributed by atoms with Crippen LogP contribution in [0.3, 0.4) is 0 Å². The van der Waals surface area contributed by atoms with Crippen molar-refractivity contribution in [1.82, 2.24) is 5.32 Å². The molecule has 4 heteroatoms. The highest BCUT2D eigenvalue weighted by Crippen LogP contribution is 2.37. The maximum atomic E-state index is 14.3. The Morgan fingerprint density at radius 3 is 2.72 bits per heavy atom. The number of halogens is 3. The van der Waals surface area contributed by atoms with Gasteiger partial charge in [0.25, 0.3) is 0 Å². The maximum Gasteiger partial charge on any atom is 0.146 e. The van der Waals surface area contributed by atoms with E-state index in [-0.39, 0.29) is 16.8 Å². The minimum absolute atomic E-state index is 0.201. The summed E-state index contributed by atoms with van der Waals surface area (Å²) in [5.74, 6) is -0.0405. The molecule has 1 aromatic carbocycles. The topological polar surface area (TPSA) is 12.0 Å². The minimum atomic E-state index is -0.266. The molecule has 2 atom stereocenters. The lowest BCUT2D eigenvalue weighted by Gasteiger charge is -2.26. The normalized spacial score (nSPS) is 24.9. The van der Waals surface area contributed by atoms with Crippen LogP contribution >= 0.6 is 27.5 Å². The molecule has 0 spiro atoms. The average Bonchev–Trinajstić information content (AvgIpc) is 2.61. The van der Waals surface area contributed by atoms with E-state index in [4.69, 9.17) is 11.6 Å². The summed E-state index contributed by atoms with van der Waals surface area (Å²) in [5.41, 5.74) is 0.754. The van der Waals surface area contributed by atoms with Gasteiger partial charge >= 0.3 is 0 Å². The Bertz CT molecular complexity index is 425. The highest BCUT2D eigenvalue weighted by atomic mass is 79.9. The lowest BCUT2D eigenvalue weighted by atomic mass is 9.87. The third-order valence-corrected chi connectivity index (χ3v) is 5.11. The van der Waals surface area contributed by atoms with Gasteiger partial charge in [-0.05, 0) is 47.4 Å². The molecule has 0 saturated heterocycles. The van der Waals surface area contributed by atoms with Crippen LogP contribution in [-0.2, 0) is 0 Å². The van der Waals surface area contributed by atoms with E-state index in [1.807, 2.05) is 19.2 Å². The fourth-order valence-electron chi connectivity index (χ4n) is 2.85. The average molecular weight is 335 g/mol. The van der Waals surface area contributed by atoms with Gasteiger partial charge in [0, 0.05) is 16.4 Å².